The molecule has 1 amide bonds. The number of anilines is 1. The highest BCUT2D eigenvalue weighted by molar-refractivity contribution is 7.80. The summed E-state index contributed by atoms with van der Waals surface area (Å²) in [7, 11) is 1.24. The van der Waals surface area contributed by atoms with Crippen LogP contribution in [0.5, 0.6) is 5.75 Å². The third-order valence-electron chi connectivity index (χ3n) is 6.15. The molecule has 0 fully saturated rings. The number of fused-ring (bicyclic) bond motifs is 1. The van der Waals surface area contributed by atoms with E-state index in [-0.39, 0.29) is 23.3 Å². The van der Waals surface area contributed by atoms with Gasteiger partial charge < -0.3 is 25.8 Å². The Kier molecular flexibility index (Phi) is 10.6. The average Bonchev–Trinajstić information content (AvgIpc) is 2.93. The van der Waals surface area contributed by atoms with Crippen LogP contribution in [0.1, 0.15) is 30.6 Å². The smallest absolute Gasteiger partial charge is 0.467 e. The first-order chi connectivity index (χ1) is 19.3. The largest absolute Gasteiger partial charge is 0.491 e. The van der Waals surface area contributed by atoms with Gasteiger partial charge in [-0.15, -0.1) is 0 Å². The predicted molar refractivity (Wildman–Crippen MR) is 154 cm³/mol. The van der Waals surface area contributed by atoms with E-state index in [1.807, 2.05) is 13.8 Å². The molecule has 0 radical (unpaired) electrons. The number of hydrogen-bond donors (Lipinski definition) is 4. The van der Waals surface area contributed by atoms with Crippen LogP contribution in [0, 0.1) is 5.92 Å². The number of esters is 2. The number of nitrogens with two attached hydrogens (primary N) is 1. The summed E-state index contributed by atoms with van der Waals surface area (Å²) in [5.41, 5.74) is 7.71. The minimum atomic E-state index is -5.17. The number of halogens is 3. The van der Waals surface area contributed by atoms with Crippen molar-refractivity contribution >= 4 is 46.9 Å². The van der Waals surface area contributed by atoms with Gasteiger partial charge in [0, 0.05) is 29.6 Å². The minimum absolute atomic E-state index is 0.0809. The molecule has 4 N–H and O–H groups in total. The molecule has 0 heterocycles. The SMILES string of the molecule is COC(=O)[C@H](CC(C)C)NC(=O)c1ccc(NC[C@@H](N)CS)cc1-c1cccc2ccc(OC(=O)C(F)(F)F)cc12. The maximum Gasteiger partial charge on any atom is 0.491 e. The Bertz CT molecular complexity index is 1410. The van der Waals surface area contributed by atoms with E-state index < -0.39 is 30.1 Å². The van der Waals surface area contributed by atoms with Gasteiger partial charge in [0.15, 0.2) is 0 Å². The van der Waals surface area contributed by atoms with Crippen LogP contribution in [0.2, 0.25) is 0 Å². The zero-order valence-corrected chi connectivity index (χ0v) is 23.6. The predicted octanol–water partition coefficient (Wildman–Crippen LogP) is 4.96. The molecular formula is C29H32F3N3O5S. The average molecular weight is 592 g/mol. The number of hydrogen-bond acceptors (Lipinski definition) is 8. The second-order valence-corrected chi connectivity index (χ2v) is 10.2. The molecule has 0 saturated heterocycles. The maximum absolute atomic E-state index is 13.6. The summed E-state index contributed by atoms with van der Waals surface area (Å²) in [5, 5.41) is 7.01. The van der Waals surface area contributed by atoms with Crippen molar-refractivity contribution in [2.75, 3.05) is 24.7 Å². The molecule has 0 spiro atoms. The van der Waals surface area contributed by atoms with Crippen molar-refractivity contribution in [3.05, 3.63) is 60.2 Å². The Morgan fingerprint density at radius 2 is 1.76 bits per heavy atom. The lowest BCUT2D eigenvalue weighted by molar-refractivity contribution is -0.189. The van der Waals surface area contributed by atoms with Crippen molar-refractivity contribution in [3.63, 3.8) is 0 Å². The zero-order valence-electron chi connectivity index (χ0n) is 22.7. The molecule has 3 rings (SSSR count). The lowest BCUT2D eigenvalue weighted by atomic mass is 9.93. The van der Waals surface area contributed by atoms with Crippen molar-refractivity contribution in [3.8, 4) is 16.9 Å². The quantitative estimate of drug-likeness (QED) is 0.141. The van der Waals surface area contributed by atoms with Gasteiger partial charge in [-0.05, 0) is 64.6 Å². The molecule has 0 bridgehead atoms. The van der Waals surface area contributed by atoms with E-state index in [1.165, 1.54) is 25.3 Å². The molecule has 0 saturated carbocycles. The van der Waals surface area contributed by atoms with Gasteiger partial charge in [0.05, 0.1) is 7.11 Å². The van der Waals surface area contributed by atoms with Crippen molar-refractivity contribution in [2.45, 2.75) is 38.5 Å². The number of alkyl halides is 3. The first kappa shape index (κ1) is 31.8. The zero-order chi connectivity index (χ0) is 30.3. The Hall–Kier alpha value is -3.77. The highest BCUT2D eigenvalue weighted by Crippen LogP contribution is 2.35. The second-order valence-electron chi connectivity index (χ2n) is 9.84. The van der Waals surface area contributed by atoms with Gasteiger partial charge in [-0.3, -0.25) is 4.79 Å². The molecule has 220 valence electrons. The first-order valence-electron chi connectivity index (χ1n) is 12.8. The van der Waals surface area contributed by atoms with Gasteiger partial charge in [0.2, 0.25) is 0 Å². The first-order valence-corrected chi connectivity index (χ1v) is 13.4. The van der Waals surface area contributed by atoms with Crippen LogP contribution in [-0.2, 0) is 14.3 Å². The number of amides is 1. The number of carbonyl (C=O) groups excluding carboxylic acids is 3. The van der Waals surface area contributed by atoms with E-state index >= 15 is 0 Å². The van der Waals surface area contributed by atoms with Crippen molar-refractivity contribution in [1.82, 2.24) is 5.32 Å². The number of nitrogens with one attached hydrogen (secondary N) is 2. The van der Waals surface area contributed by atoms with E-state index in [1.54, 1.807) is 36.4 Å². The summed E-state index contributed by atoms with van der Waals surface area (Å²) in [6, 6.07) is 13.1. The standard InChI is InChI=1S/C29H32F3N3O5S/c1-16(2)11-25(27(37)39-3)35-26(36)22-10-8-19(34-14-18(33)15-41)12-24(22)21-6-4-5-17-7-9-20(13-23(17)21)40-28(38)29(30,31)32/h4-10,12-13,16,18,25,34,41H,11,14-15,33H2,1-3H3,(H,35,36)/t18-,25+/m1/s1. The van der Waals surface area contributed by atoms with Gasteiger partial charge >= 0.3 is 18.1 Å². The number of carbonyl (C=O) groups is 3. The van der Waals surface area contributed by atoms with Crippen LogP contribution in [0.25, 0.3) is 21.9 Å². The van der Waals surface area contributed by atoms with Crippen molar-refractivity contribution < 1.29 is 37.0 Å². The minimum Gasteiger partial charge on any atom is -0.467 e. The number of benzene rings is 3. The maximum atomic E-state index is 13.6. The third-order valence-corrected chi connectivity index (χ3v) is 6.62. The molecular weight excluding hydrogens is 559 g/mol. The fourth-order valence-electron chi connectivity index (χ4n) is 4.17. The van der Waals surface area contributed by atoms with Crippen LogP contribution in [0.4, 0.5) is 18.9 Å². The van der Waals surface area contributed by atoms with Crippen LogP contribution < -0.4 is 21.1 Å². The summed E-state index contributed by atoms with van der Waals surface area (Å²) in [5.74, 6) is -3.28. The Balaban J connectivity index is 2.13. The summed E-state index contributed by atoms with van der Waals surface area (Å²) >= 11 is 4.19. The summed E-state index contributed by atoms with van der Waals surface area (Å²) < 4.78 is 47.9. The Labute approximate surface area is 241 Å². The highest BCUT2D eigenvalue weighted by atomic mass is 32.1. The molecule has 0 aliphatic rings. The van der Waals surface area contributed by atoms with E-state index in [0.29, 0.717) is 46.3 Å². The monoisotopic (exact) mass is 591 g/mol. The number of methoxy groups -OCH3 is 1. The molecule has 41 heavy (non-hydrogen) atoms. The Morgan fingerprint density at radius 3 is 2.39 bits per heavy atom. The lowest BCUT2D eigenvalue weighted by Gasteiger charge is -2.20. The topological polar surface area (TPSA) is 120 Å². The molecule has 12 heteroatoms. The normalized spacial score (nSPS) is 13.0. The van der Waals surface area contributed by atoms with Crippen LogP contribution in [0.3, 0.4) is 0 Å². The van der Waals surface area contributed by atoms with Gasteiger partial charge in [-0.1, -0.05) is 38.1 Å². The fraction of sp³-hybridized carbons (Fsp3) is 0.345. The van der Waals surface area contributed by atoms with Gasteiger partial charge in [-0.2, -0.15) is 25.8 Å². The molecule has 0 aromatic heterocycles. The molecule has 2 atom stereocenters. The van der Waals surface area contributed by atoms with E-state index in [9.17, 15) is 27.6 Å². The van der Waals surface area contributed by atoms with Crippen LogP contribution >= 0.6 is 12.6 Å². The molecule has 3 aromatic rings. The summed E-state index contributed by atoms with van der Waals surface area (Å²) in [6.45, 7) is 4.20. The summed E-state index contributed by atoms with van der Waals surface area (Å²) in [6.07, 6.45) is -4.82. The third kappa shape index (κ3) is 8.37. The number of rotatable bonds is 11. The summed E-state index contributed by atoms with van der Waals surface area (Å²) in [4.78, 5) is 37.4. The van der Waals surface area contributed by atoms with Gasteiger partial charge in [0.1, 0.15) is 11.8 Å². The lowest BCUT2D eigenvalue weighted by Crippen LogP contribution is -2.42. The van der Waals surface area contributed by atoms with E-state index in [4.69, 9.17) is 10.5 Å². The molecule has 0 unspecified atom stereocenters. The van der Waals surface area contributed by atoms with E-state index in [2.05, 4.69) is 28.0 Å². The van der Waals surface area contributed by atoms with Crippen LogP contribution in [0.15, 0.2) is 54.6 Å². The van der Waals surface area contributed by atoms with Crippen molar-refractivity contribution in [2.24, 2.45) is 11.7 Å². The Morgan fingerprint density at radius 1 is 1.02 bits per heavy atom. The fourth-order valence-corrected chi connectivity index (χ4v) is 4.30. The van der Waals surface area contributed by atoms with Gasteiger partial charge in [-0.25, -0.2) is 9.59 Å². The molecule has 0 aliphatic heterocycles. The molecule has 8 nitrogen and oxygen atoms in total. The van der Waals surface area contributed by atoms with Crippen molar-refractivity contribution in [1.29, 1.82) is 0 Å². The highest BCUT2D eigenvalue weighted by Gasteiger charge is 2.41. The molecule has 0 aliphatic carbocycles. The van der Waals surface area contributed by atoms with Crippen LogP contribution in [-0.4, -0.2) is 55.5 Å². The molecule has 3 aromatic carbocycles. The number of ether oxygens (including phenoxy) is 2. The second kappa shape index (κ2) is 13.7. The number of thiol groups is 1. The van der Waals surface area contributed by atoms with E-state index in [0.717, 1.165) is 0 Å². The van der Waals surface area contributed by atoms with Gasteiger partial charge in [0.25, 0.3) is 5.91 Å².